The molecule has 1 aliphatic rings. The van der Waals surface area contributed by atoms with Gasteiger partial charge in [0.1, 0.15) is 0 Å². The maximum Gasteiger partial charge on any atom is 0.251 e. The van der Waals surface area contributed by atoms with Crippen LogP contribution in [-0.4, -0.2) is 25.0 Å². The molecule has 1 saturated heterocycles. The zero-order valence-electron chi connectivity index (χ0n) is 8.59. The van der Waals surface area contributed by atoms with E-state index in [1.54, 1.807) is 18.2 Å². The smallest absolute Gasteiger partial charge is 0.251 e. The fourth-order valence-corrected chi connectivity index (χ4v) is 1.98. The van der Waals surface area contributed by atoms with Crippen LogP contribution in [-0.2, 0) is 0 Å². The van der Waals surface area contributed by atoms with Gasteiger partial charge in [-0.3, -0.25) is 4.79 Å². The summed E-state index contributed by atoms with van der Waals surface area (Å²) in [6, 6.07) is 5.10. The van der Waals surface area contributed by atoms with Gasteiger partial charge in [0.15, 0.2) is 0 Å². The number of carbonyl (C=O) groups excluding carboxylic acids is 1. The van der Waals surface area contributed by atoms with E-state index in [1.807, 2.05) is 0 Å². The largest absolute Gasteiger partial charge is 0.348 e. The van der Waals surface area contributed by atoms with Crippen LogP contribution in [0, 0.1) is 0 Å². The van der Waals surface area contributed by atoms with Gasteiger partial charge in [0, 0.05) is 18.2 Å². The van der Waals surface area contributed by atoms with E-state index in [1.165, 1.54) is 0 Å². The van der Waals surface area contributed by atoms with Crippen LogP contribution in [0.15, 0.2) is 18.2 Å². The predicted octanol–water partition coefficient (Wildman–Crippen LogP) is 2.09. The number of hydrogen-bond acceptors (Lipinski definition) is 2. The van der Waals surface area contributed by atoms with Crippen LogP contribution in [0.3, 0.4) is 0 Å². The highest BCUT2D eigenvalue weighted by atomic mass is 35.5. The number of hydrogen-bond donors (Lipinski definition) is 2. The molecule has 5 heteroatoms. The fraction of sp³-hybridized carbons (Fsp3) is 0.364. The van der Waals surface area contributed by atoms with Crippen molar-refractivity contribution in [3.63, 3.8) is 0 Å². The molecule has 0 spiro atoms. The Morgan fingerprint density at radius 2 is 2.19 bits per heavy atom. The average molecular weight is 259 g/mol. The SMILES string of the molecule is O=C(N[C@H]1CCNC1)c1ccc(Cl)c(Cl)c1. The summed E-state index contributed by atoms with van der Waals surface area (Å²) in [5, 5.41) is 6.99. The Balaban J connectivity index is 2.05. The Labute approximate surface area is 104 Å². The van der Waals surface area contributed by atoms with Crippen molar-refractivity contribution < 1.29 is 4.79 Å². The number of nitrogens with one attached hydrogen (secondary N) is 2. The summed E-state index contributed by atoms with van der Waals surface area (Å²) in [5.41, 5.74) is 0.543. The molecule has 1 atom stereocenters. The zero-order chi connectivity index (χ0) is 11.5. The summed E-state index contributed by atoms with van der Waals surface area (Å²) in [7, 11) is 0. The molecule has 1 heterocycles. The number of carbonyl (C=O) groups is 1. The summed E-state index contributed by atoms with van der Waals surface area (Å²) in [4.78, 5) is 11.8. The molecule has 3 nitrogen and oxygen atoms in total. The molecule has 2 N–H and O–H groups in total. The van der Waals surface area contributed by atoms with Gasteiger partial charge in [-0.1, -0.05) is 23.2 Å². The minimum absolute atomic E-state index is 0.104. The van der Waals surface area contributed by atoms with Crippen LogP contribution in [0.1, 0.15) is 16.8 Å². The summed E-state index contributed by atoms with van der Waals surface area (Å²) >= 11 is 11.6. The third-order valence-corrected chi connectivity index (χ3v) is 3.32. The fourth-order valence-electron chi connectivity index (χ4n) is 1.68. The lowest BCUT2D eigenvalue weighted by atomic mass is 10.2. The van der Waals surface area contributed by atoms with Crippen molar-refractivity contribution in [2.45, 2.75) is 12.5 Å². The quantitative estimate of drug-likeness (QED) is 0.853. The van der Waals surface area contributed by atoms with Crippen LogP contribution in [0.25, 0.3) is 0 Å². The zero-order valence-corrected chi connectivity index (χ0v) is 10.1. The Bertz CT molecular complexity index is 403. The number of halogens is 2. The first kappa shape index (κ1) is 11.7. The van der Waals surface area contributed by atoms with E-state index in [0.717, 1.165) is 19.5 Å². The van der Waals surface area contributed by atoms with Gasteiger partial charge >= 0.3 is 0 Å². The van der Waals surface area contributed by atoms with Crippen molar-refractivity contribution in [1.29, 1.82) is 0 Å². The maximum atomic E-state index is 11.8. The molecule has 16 heavy (non-hydrogen) atoms. The van der Waals surface area contributed by atoms with Gasteiger partial charge in [0.25, 0.3) is 5.91 Å². The van der Waals surface area contributed by atoms with Crippen LogP contribution in [0.4, 0.5) is 0 Å². The molecule has 86 valence electrons. The van der Waals surface area contributed by atoms with E-state index >= 15 is 0 Å². The van der Waals surface area contributed by atoms with Gasteiger partial charge in [-0.25, -0.2) is 0 Å². The third-order valence-electron chi connectivity index (χ3n) is 2.58. The molecule has 0 bridgehead atoms. The van der Waals surface area contributed by atoms with Gasteiger partial charge in [0.2, 0.25) is 0 Å². The lowest BCUT2D eigenvalue weighted by molar-refractivity contribution is 0.0940. The topological polar surface area (TPSA) is 41.1 Å². The molecule has 0 radical (unpaired) electrons. The van der Waals surface area contributed by atoms with Crippen molar-refractivity contribution in [3.05, 3.63) is 33.8 Å². The summed E-state index contributed by atoms with van der Waals surface area (Å²) in [6.45, 7) is 1.78. The van der Waals surface area contributed by atoms with E-state index in [4.69, 9.17) is 23.2 Å². The normalized spacial score (nSPS) is 19.8. The molecule has 1 aromatic carbocycles. The Morgan fingerprint density at radius 1 is 1.38 bits per heavy atom. The average Bonchev–Trinajstić information content (AvgIpc) is 2.74. The first-order valence-electron chi connectivity index (χ1n) is 5.13. The maximum absolute atomic E-state index is 11.8. The van der Waals surface area contributed by atoms with Gasteiger partial charge in [-0.2, -0.15) is 0 Å². The Hall–Kier alpha value is -0.770. The number of benzene rings is 1. The minimum atomic E-state index is -0.104. The molecule has 1 fully saturated rings. The molecular formula is C11H12Cl2N2O. The van der Waals surface area contributed by atoms with Crippen LogP contribution in [0.5, 0.6) is 0 Å². The lowest BCUT2D eigenvalue weighted by Gasteiger charge is -2.11. The van der Waals surface area contributed by atoms with Gasteiger partial charge in [0.05, 0.1) is 10.0 Å². The first-order valence-corrected chi connectivity index (χ1v) is 5.89. The van der Waals surface area contributed by atoms with Gasteiger partial charge in [-0.15, -0.1) is 0 Å². The van der Waals surface area contributed by atoms with E-state index in [0.29, 0.717) is 15.6 Å². The Morgan fingerprint density at radius 3 is 2.81 bits per heavy atom. The van der Waals surface area contributed by atoms with E-state index < -0.39 is 0 Å². The second kappa shape index (κ2) is 5.04. The lowest BCUT2D eigenvalue weighted by Crippen LogP contribution is -2.36. The van der Waals surface area contributed by atoms with E-state index in [2.05, 4.69) is 10.6 Å². The highest BCUT2D eigenvalue weighted by Crippen LogP contribution is 2.22. The standard InChI is InChI=1S/C11H12Cl2N2O/c12-9-2-1-7(5-10(9)13)11(16)15-8-3-4-14-6-8/h1-2,5,8,14H,3-4,6H2,(H,15,16)/t8-/m0/s1. The molecule has 1 aliphatic heterocycles. The van der Waals surface area contributed by atoms with Crippen LogP contribution < -0.4 is 10.6 Å². The monoisotopic (exact) mass is 258 g/mol. The van der Waals surface area contributed by atoms with Crippen molar-refractivity contribution in [3.8, 4) is 0 Å². The Kier molecular flexibility index (Phi) is 3.69. The molecule has 2 rings (SSSR count). The van der Waals surface area contributed by atoms with Crippen molar-refractivity contribution in [2.24, 2.45) is 0 Å². The van der Waals surface area contributed by atoms with Crippen molar-refractivity contribution in [2.75, 3.05) is 13.1 Å². The van der Waals surface area contributed by atoms with E-state index in [-0.39, 0.29) is 11.9 Å². The third kappa shape index (κ3) is 2.67. The molecule has 0 saturated carbocycles. The number of rotatable bonds is 2. The predicted molar refractivity (Wildman–Crippen MR) is 65.2 cm³/mol. The van der Waals surface area contributed by atoms with Crippen molar-refractivity contribution in [1.82, 2.24) is 10.6 Å². The molecule has 1 amide bonds. The molecule has 1 aromatic rings. The molecule has 0 aliphatic carbocycles. The highest BCUT2D eigenvalue weighted by molar-refractivity contribution is 6.42. The van der Waals surface area contributed by atoms with Crippen LogP contribution >= 0.6 is 23.2 Å². The minimum Gasteiger partial charge on any atom is -0.348 e. The summed E-state index contributed by atoms with van der Waals surface area (Å²) < 4.78 is 0. The molecule has 0 unspecified atom stereocenters. The second-order valence-corrected chi connectivity index (χ2v) is 4.61. The first-order chi connectivity index (χ1) is 7.66. The van der Waals surface area contributed by atoms with Gasteiger partial charge < -0.3 is 10.6 Å². The summed E-state index contributed by atoms with van der Waals surface area (Å²) in [6.07, 6.45) is 0.965. The number of amides is 1. The molecule has 0 aromatic heterocycles. The van der Waals surface area contributed by atoms with Crippen LogP contribution in [0.2, 0.25) is 10.0 Å². The summed E-state index contributed by atoms with van der Waals surface area (Å²) in [5.74, 6) is -0.104. The second-order valence-electron chi connectivity index (χ2n) is 3.79. The highest BCUT2D eigenvalue weighted by Gasteiger charge is 2.17. The van der Waals surface area contributed by atoms with E-state index in [9.17, 15) is 4.79 Å². The molecular weight excluding hydrogens is 247 g/mol. The van der Waals surface area contributed by atoms with Crippen molar-refractivity contribution >= 4 is 29.1 Å². The van der Waals surface area contributed by atoms with Gasteiger partial charge in [-0.05, 0) is 31.2 Å².